The summed E-state index contributed by atoms with van der Waals surface area (Å²) in [5, 5.41) is 10.9. The predicted molar refractivity (Wildman–Crippen MR) is 62.6 cm³/mol. The molecule has 1 fully saturated rings. The number of carbonyl (C=O) groups is 2. The predicted octanol–water partition coefficient (Wildman–Crippen LogP) is 1.38. The van der Waals surface area contributed by atoms with Crippen LogP contribution in [0.3, 0.4) is 0 Å². The van der Waals surface area contributed by atoms with Crippen molar-refractivity contribution in [2.75, 3.05) is 6.61 Å². The Morgan fingerprint density at radius 3 is 2.84 bits per heavy atom. The molecule has 7 heteroatoms. The third kappa shape index (κ3) is 2.54. The van der Waals surface area contributed by atoms with Crippen LogP contribution in [-0.2, 0) is 14.3 Å². The highest BCUT2D eigenvalue weighted by molar-refractivity contribution is 5.97. The van der Waals surface area contributed by atoms with E-state index in [0.29, 0.717) is 5.56 Å². The molecule has 1 aromatic carbocycles. The van der Waals surface area contributed by atoms with Crippen molar-refractivity contribution in [1.82, 2.24) is 0 Å². The molecular formula is C12H11NO6. The van der Waals surface area contributed by atoms with Crippen LogP contribution in [0.25, 0.3) is 0 Å². The van der Waals surface area contributed by atoms with Gasteiger partial charge in [0, 0.05) is 12.5 Å². The number of esters is 2. The van der Waals surface area contributed by atoms with E-state index in [1.54, 1.807) is 13.0 Å². The summed E-state index contributed by atoms with van der Waals surface area (Å²) in [4.78, 5) is 33.4. The van der Waals surface area contributed by atoms with Crippen molar-refractivity contribution in [3.63, 3.8) is 0 Å². The normalized spacial score (nSPS) is 17.9. The van der Waals surface area contributed by atoms with E-state index < -0.39 is 23.0 Å². The van der Waals surface area contributed by atoms with Gasteiger partial charge in [0.15, 0.2) is 0 Å². The summed E-state index contributed by atoms with van der Waals surface area (Å²) in [7, 11) is 0. The maximum Gasteiger partial charge on any atom is 0.347 e. The van der Waals surface area contributed by atoms with E-state index in [0.717, 1.165) is 0 Å². The zero-order chi connectivity index (χ0) is 14.0. The number of hydrogen-bond donors (Lipinski definition) is 0. The van der Waals surface area contributed by atoms with E-state index in [9.17, 15) is 19.7 Å². The Morgan fingerprint density at radius 1 is 1.53 bits per heavy atom. The molecule has 1 heterocycles. The number of nitro benzene ring substituents is 1. The Morgan fingerprint density at radius 2 is 2.26 bits per heavy atom. The maximum absolute atomic E-state index is 12.0. The number of ether oxygens (including phenoxy) is 2. The van der Waals surface area contributed by atoms with E-state index >= 15 is 0 Å². The standard InChI is InChI=1S/C12H11NO6/c1-7-3-2-4-8(13(16)17)10(7)12(15)19-9-5-6-18-11(9)14/h2-4,9H,5-6H2,1H3. The second-order valence-corrected chi connectivity index (χ2v) is 4.08. The molecule has 100 valence electrons. The van der Waals surface area contributed by atoms with Crippen LogP contribution in [0.2, 0.25) is 0 Å². The molecule has 1 unspecified atom stereocenters. The number of cyclic esters (lactones) is 1. The molecule has 1 aliphatic rings. The molecule has 0 amide bonds. The van der Waals surface area contributed by atoms with Crippen molar-refractivity contribution in [2.45, 2.75) is 19.4 Å². The highest BCUT2D eigenvalue weighted by atomic mass is 16.6. The molecule has 1 aromatic rings. The van der Waals surface area contributed by atoms with E-state index in [1.165, 1.54) is 12.1 Å². The van der Waals surface area contributed by atoms with Gasteiger partial charge in [-0.05, 0) is 12.5 Å². The lowest BCUT2D eigenvalue weighted by atomic mass is 10.1. The third-order valence-corrected chi connectivity index (χ3v) is 2.79. The lowest BCUT2D eigenvalue weighted by Gasteiger charge is -2.10. The van der Waals surface area contributed by atoms with Crippen molar-refractivity contribution >= 4 is 17.6 Å². The molecule has 0 radical (unpaired) electrons. The topological polar surface area (TPSA) is 95.7 Å². The Balaban J connectivity index is 2.28. The fraction of sp³-hybridized carbons (Fsp3) is 0.333. The van der Waals surface area contributed by atoms with Gasteiger partial charge in [-0.1, -0.05) is 12.1 Å². The van der Waals surface area contributed by atoms with Gasteiger partial charge in [0.1, 0.15) is 5.56 Å². The molecule has 2 rings (SSSR count). The van der Waals surface area contributed by atoms with Crippen LogP contribution in [0.5, 0.6) is 0 Å². The summed E-state index contributed by atoms with van der Waals surface area (Å²) < 4.78 is 9.62. The molecule has 0 bridgehead atoms. The fourth-order valence-corrected chi connectivity index (χ4v) is 1.84. The van der Waals surface area contributed by atoms with Crippen molar-refractivity contribution in [3.05, 3.63) is 39.4 Å². The number of nitrogens with zero attached hydrogens (tertiary/aromatic N) is 1. The number of carbonyl (C=O) groups excluding carboxylic acids is 2. The quantitative estimate of drug-likeness (QED) is 0.465. The van der Waals surface area contributed by atoms with Crippen molar-refractivity contribution in [1.29, 1.82) is 0 Å². The minimum atomic E-state index is -0.980. The summed E-state index contributed by atoms with van der Waals surface area (Å²) in [5.74, 6) is -1.50. The van der Waals surface area contributed by atoms with Crippen LogP contribution in [0.15, 0.2) is 18.2 Å². The van der Waals surface area contributed by atoms with Gasteiger partial charge >= 0.3 is 11.9 Å². The van der Waals surface area contributed by atoms with Crippen LogP contribution < -0.4 is 0 Å². The summed E-state index contributed by atoms with van der Waals surface area (Å²) >= 11 is 0. The first-order valence-electron chi connectivity index (χ1n) is 5.62. The van der Waals surface area contributed by atoms with Gasteiger partial charge in [0.05, 0.1) is 11.5 Å². The lowest BCUT2D eigenvalue weighted by molar-refractivity contribution is -0.385. The highest BCUT2D eigenvalue weighted by Gasteiger charge is 2.33. The number of rotatable bonds is 3. The Bertz CT molecular complexity index is 553. The molecular weight excluding hydrogens is 254 g/mol. The molecule has 0 aliphatic carbocycles. The molecule has 0 aromatic heterocycles. The van der Waals surface area contributed by atoms with Gasteiger partial charge in [0.2, 0.25) is 6.10 Å². The first kappa shape index (κ1) is 13.0. The number of benzene rings is 1. The first-order valence-corrected chi connectivity index (χ1v) is 5.62. The number of hydrogen-bond acceptors (Lipinski definition) is 6. The summed E-state index contributed by atoms with van der Waals surface area (Å²) in [5.41, 5.74) is -0.0471. The Labute approximate surface area is 108 Å². The van der Waals surface area contributed by atoms with Crippen molar-refractivity contribution < 1.29 is 24.0 Å². The lowest BCUT2D eigenvalue weighted by Crippen LogP contribution is -2.23. The van der Waals surface area contributed by atoms with E-state index in [-0.39, 0.29) is 24.3 Å². The number of nitro groups is 1. The van der Waals surface area contributed by atoms with Gasteiger partial charge < -0.3 is 9.47 Å². The minimum absolute atomic E-state index is 0.132. The van der Waals surface area contributed by atoms with Crippen molar-refractivity contribution in [2.24, 2.45) is 0 Å². The van der Waals surface area contributed by atoms with Crippen LogP contribution in [0.4, 0.5) is 5.69 Å². The average Bonchev–Trinajstić information content (AvgIpc) is 2.74. The zero-order valence-electron chi connectivity index (χ0n) is 10.1. The van der Waals surface area contributed by atoms with Crippen LogP contribution in [0.1, 0.15) is 22.3 Å². The molecule has 0 saturated carbocycles. The smallest absolute Gasteiger partial charge is 0.347 e. The van der Waals surface area contributed by atoms with Crippen LogP contribution in [0, 0.1) is 17.0 Å². The average molecular weight is 265 g/mol. The Hall–Kier alpha value is -2.44. The summed E-state index contributed by atoms with van der Waals surface area (Å²) in [6.07, 6.45) is -0.712. The van der Waals surface area contributed by atoms with Gasteiger partial charge in [-0.25, -0.2) is 9.59 Å². The first-order chi connectivity index (χ1) is 9.00. The van der Waals surface area contributed by atoms with Crippen molar-refractivity contribution in [3.8, 4) is 0 Å². The highest BCUT2D eigenvalue weighted by Crippen LogP contribution is 2.24. The van der Waals surface area contributed by atoms with E-state index in [1.807, 2.05) is 0 Å². The third-order valence-electron chi connectivity index (χ3n) is 2.79. The monoisotopic (exact) mass is 265 g/mol. The molecule has 7 nitrogen and oxygen atoms in total. The molecule has 1 atom stereocenters. The fourth-order valence-electron chi connectivity index (χ4n) is 1.84. The van der Waals surface area contributed by atoms with Gasteiger partial charge in [-0.2, -0.15) is 0 Å². The molecule has 1 saturated heterocycles. The number of aryl methyl sites for hydroxylation is 1. The van der Waals surface area contributed by atoms with Gasteiger partial charge in [0.25, 0.3) is 5.69 Å². The summed E-state index contributed by atoms with van der Waals surface area (Å²) in [6.45, 7) is 1.75. The second kappa shape index (κ2) is 5.05. The molecule has 0 N–H and O–H groups in total. The van der Waals surface area contributed by atoms with Gasteiger partial charge in [-0.15, -0.1) is 0 Å². The van der Waals surface area contributed by atoms with Crippen LogP contribution in [-0.4, -0.2) is 29.6 Å². The van der Waals surface area contributed by atoms with Gasteiger partial charge in [-0.3, -0.25) is 10.1 Å². The van der Waals surface area contributed by atoms with Crippen LogP contribution >= 0.6 is 0 Å². The van der Waals surface area contributed by atoms with E-state index in [2.05, 4.69) is 4.74 Å². The zero-order valence-corrected chi connectivity index (χ0v) is 10.1. The SMILES string of the molecule is Cc1cccc([N+](=O)[O-])c1C(=O)OC1CCOC1=O. The molecule has 1 aliphatic heterocycles. The minimum Gasteiger partial charge on any atom is -0.463 e. The summed E-state index contributed by atoms with van der Waals surface area (Å²) in [6, 6.07) is 4.27. The molecule has 19 heavy (non-hydrogen) atoms. The largest absolute Gasteiger partial charge is 0.463 e. The molecule has 0 spiro atoms. The van der Waals surface area contributed by atoms with E-state index in [4.69, 9.17) is 4.74 Å². The second-order valence-electron chi connectivity index (χ2n) is 4.08. The Kier molecular flexibility index (Phi) is 3.46. The maximum atomic E-state index is 12.0.